The van der Waals surface area contributed by atoms with Gasteiger partial charge in [0.2, 0.25) is 0 Å². The average molecular weight is 581 g/mol. The van der Waals surface area contributed by atoms with E-state index >= 15 is 0 Å². The number of rotatable bonds is 11. The molecule has 3 aromatic rings. The lowest BCUT2D eigenvalue weighted by Gasteiger charge is -2.48. The fourth-order valence-electron chi connectivity index (χ4n) is 6.48. The quantitative estimate of drug-likeness (QED) is 0.209. The highest BCUT2D eigenvalue weighted by molar-refractivity contribution is 5.70. The number of terminal acetylenes is 1. The number of piperidine rings is 3. The van der Waals surface area contributed by atoms with E-state index in [9.17, 15) is 4.79 Å². The summed E-state index contributed by atoms with van der Waals surface area (Å²) in [6.45, 7) is 6.15. The molecular formula is C36H40N2O5. The molecular weight excluding hydrogens is 540 g/mol. The highest BCUT2D eigenvalue weighted by atomic mass is 16.6. The maximum absolute atomic E-state index is 13.6. The molecule has 0 unspecified atom stereocenters. The first-order valence-electron chi connectivity index (χ1n) is 15.3. The van der Waals surface area contributed by atoms with Crippen molar-refractivity contribution >= 4 is 6.09 Å². The number of carbonyl (C=O) groups excluding carboxylic acids is 1. The number of carbonyl (C=O) groups is 1. The van der Waals surface area contributed by atoms with Crippen LogP contribution in [0.1, 0.15) is 47.6 Å². The van der Waals surface area contributed by atoms with Crippen molar-refractivity contribution in [2.75, 3.05) is 52.6 Å². The third-order valence-electron chi connectivity index (χ3n) is 9.10. The fraction of sp³-hybridized carbons (Fsp3) is 0.417. The highest BCUT2D eigenvalue weighted by Gasteiger charge is 2.41. The molecule has 3 aromatic carbocycles. The van der Waals surface area contributed by atoms with Crippen molar-refractivity contribution in [2.45, 2.75) is 38.3 Å². The minimum Gasteiger partial charge on any atom is -0.491 e. The highest BCUT2D eigenvalue weighted by Crippen LogP contribution is 2.41. The van der Waals surface area contributed by atoms with Crippen LogP contribution in [-0.4, -0.2) is 68.5 Å². The van der Waals surface area contributed by atoms with Gasteiger partial charge < -0.3 is 23.8 Å². The summed E-state index contributed by atoms with van der Waals surface area (Å²) in [6.07, 6.45) is 9.15. The van der Waals surface area contributed by atoms with Crippen LogP contribution in [0.5, 0.6) is 11.5 Å². The number of ether oxygens (including phenoxy) is 4. The van der Waals surface area contributed by atoms with Crippen LogP contribution in [0.2, 0.25) is 0 Å². The third kappa shape index (κ3) is 6.98. The standard InChI is InChI=1S/C36H40N2O5/c1-2-23-40-24-25-41-31-11-7-28(8-12-31)26-42-32-13-9-30(10-14-32)34-33-6-4-3-5-29(33)15-19-38(34)35(39)43-27-36-16-20-37(21-17-36)22-18-36/h1,3-14,34H,15-27H2/t34-/m0/s1. The van der Waals surface area contributed by atoms with Gasteiger partial charge in [0, 0.05) is 12.0 Å². The van der Waals surface area contributed by atoms with E-state index in [0.717, 1.165) is 73.5 Å². The number of fused-ring (bicyclic) bond motifs is 4. The van der Waals surface area contributed by atoms with Crippen molar-refractivity contribution in [3.63, 3.8) is 0 Å². The van der Waals surface area contributed by atoms with Gasteiger partial charge in [0.1, 0.15) is 31.3 Å². The molecule has 0 aromatic heterocycles. The van der Waals surface area contributed by atoms with E-state index in [4.69, 9.17) is 25.4 Å². The molecule has 0 aliphatic carbocycles. The normalized spacial score (nSPS) is 22.3. The number of amides is 1. The fourth-order valence-corrected chi connectivity index (χ4v) is 6.48. The number of nitrogens with zero attached hydrogens (tertiary/aromatic N) is 2. The summed E-state index contributed by atoms with van der Waals surface area (Å²) in [6, 6.07) is 24.2. The summed E-state index contributed by atoms with van der Waals surface area (Å²) >= 11 is 0. The van der Waals surface area contributed by atoms with E-state index < -0.39 is 0 Å². The summed E-state index contributed by atoms with van der Waals surface area (Å²) in [4.78, 5) is 18.0. The largest absolute Gasteiger partial charge is 0.491 e. The molecule has 4 heterocycles. The topological polar surface area (TPSA) is 60.5 Å². The second-order valence-corrected chi connectivity index (χ2v) is 11.8. The molecule has 1 amide bonds. The molecule has 224 valence electrons. The summed E-state index contributed by atoms with van der Waals surface area (Å²) in [5, 5.41) is 0. The minimum absolute atomic E-state index is 0.150. The molecule has 7 nitrogen and oxygen atoms in total. The second kappa shape index (κ2) is 13.5. The maximum atomic E-state index is 13.6. The summed E-state index contributed by atoms with van der Waals surface area (Å²) in [5.74, 6) is 3.99. The summed E-state index contributed by atoms with van der Waals surface area (Å²) in [5.41, 5.74) is 4.68. The minimum atomic E-state index is -0.213. The van der Waals surface area contributed by atoms with E-state index in [1.807, 2.05) is 41.3 Å². The van der Waals surface area contributed by atoms with Gasteiger partial charge in [0.15, 0.2) is 0 Å². The van der Waals surface area contributed by atoms with Crippen molar-refractivity contribution in [1.82, 2.24) is 9.80 Å². The van der Waals surface area contributed by atoms with E-state index in [1.165, 1.54) is 5.56 Å². The van der Waals surface area contributed by atoms with Crippen LogP contribution in [0.4, 0.5) is 4.79 Å². The van der Waals surface area contributed by atoms with Gasteiger partial charge in [-0.1, -0.05) is 54.5 Å². The lowest BCUT2D eigenvalue weighted by molar-refractivity contribution is -0.0300. The molecule has 3 saturated heterocycles. The predicted octanol–water partition coefficient (Wildman–Crippen LogP) is 5.86. The Morgan fingerprint density at radius 1 is 0.860 bits per heavy atom. The first-order valence-corrected chi connectivity index (χ1v) is 15.3. The second-order valence-electron chi connectivity index (χ2n) is 11.8. The van der Waals surface area contributed by atoms with E-state index in [-0.39, 0.29) is 17.6 Å². The molecule has 0 radical (unpaired) electrons. The van der Waals surface area contributed by atoms with Crippen LogP contribution in [0.15, 0.2) is 72.8 Å². The Balaban J connectivity index is 1.08. The first kappa shape index (κ1) is 29.1. The molecule has 4 aliphatic heterocycles. The van der Waals surface area contributed by atoms with Crippen molar-refractivity contribution in [3.05, 3.63) is 95.1 Å². The van der Waals surface area contributed by atoms with Gasteiger partial charge in [-0.05, 0) is 91.8 Å². The molecule has 0 N–H and O–H groups in total. The Bertz CT molecular complexity index is 1390. The smallest absolute Gasteiger partial charge is 0.410 e. The van der Waals surface area contributed by atoms with E-state index in [0.29, 0.717) is 39.6 Å². The van der Waals surface area contributed by atoms with E-state index in [1.54, 1.807) is 0 Å². The zero-order valence-corrected chi connectivity index (χ0v) is 24.7. The average Bonchev–Trinajstić information content (AvgIpc) is 3.07. The Hall–Kier alpha value is -3.99. The maximum Gasteiger partial charge on any atom is 0.410 e. The zero-order chi connectivity index (χ0) is 29.5. The van der Waals surface area contributed by atoms with Crippen molar-refractivity contribution in [3.8, 4) is 23.8 Å². The van der Waals surface area contributed by atoms with Gasteiger partial charge in [-0.25, -0.2) is 4.79 Å². The molecule has 3 fully saturated rings. The monoisotopic (exact) mass is 580 g/mol. The first-order chi connectivity index (χ1) is 21.1. The van der Waals surface area contributed by atoms with Crippen molar-refractivity contribution in [2.24, 2.45) is 5.41 Å². The zero-order valence-electron chi connectivity index (χ0n) is 24.7. The molecule has 7 heteroatoms. The lowest BCUT2D eigenvalue weighted by Crippen LogP contribution is -2.51. The number of hydrogen-bond donors (Lipinski definition) is 0. The van der Waals surface area contributed by atoms with Gasteiger partial charge in [0.05, 0.1) is 19.3 Å². The van der Waals surface area contributed by atoms with Crippen LogP contribution in [0.25, 0.3) is 0 Å². The Kier molecular flexibility index (Phi) is 9.16. The van der Waals surface area contributed by atoms with Gasteiger partial charge >= 0.3 is 6.09 Å². The van der Waals surface area contributed by atoms with E-state index in [2.05, 4.69) is 47.2 Å². The Morgan fingerprint density at radius 2 is 1.56 bits per heavy atom. The Labute approximate surface area is 254 Å². The van der Waals surface area contributed by atoms with Gasteiger partial charge in [-0.2, -0.15) is 0 Å². The molecule has 0 saturated carbocycles. The molecule has 7 rings (SSSR count). The van der Waals surface area contributed by atoms with Crippen molar-refractivity contribution in [1.29, 1.82) is 0 Å². The van der Waals surface area contributed by atoms with Crippen LogP contribution >= 0.6 is 0 Å². The van der Waals surface area contributed by atoms with Crippen LogP contribution in [0, 0.1) is 17.8 Å². The van der Waals surface area contributed by atoms with Gasteiger partial charge in [-0.3, -0.25) is 4.90 Å². The van der Waals surface area contributed by atoms with Crippen molar-refractivity contribution < 1.29 is 23.7 Å². The Morgan fingerprint density at radius 3 is 2.30 bits per heavy atom. The van der Waals surface area contributed by atoms with Crippen LogP contribution < -0.4 is 9.47 Å². The molecule has 43 heavy (non-hydrogen) atoms. The lowest BCUT2D eigenvalue weighted by atomic mass is 9.73. The molecule has 4 aliphatic rings. The van der Waals surface area contributed by atoms with Crippen LogP contribution in [-0.2, 0) is 22.5 Å². The molecule has 2 bridgehead atoms. The van der Waals surface area contributed by atoms with Gasteiger partial charge in [0.25, 0.3) is 0 Å². The van der Waals surface area contributed by atoms with Gasteiger partial charge in [-0.15, -0.1) is 6.42 Å². The summed E-state index contributed by atoms with van der Waals surface area (Å²) in [7, 11) is 0. The third-order valence-corrected chi connectivity index (χ3v) is 9.10. The predicted molar refractivity (Wildman–Crippen MR) is 165 cm³/mol. The SMILES string of the molecule is C#CCOCCOc1ccc(COc2ccc([C@H]3c4ccccc4CCN3C(=O)OCC34CCN(CC3)CC4)cc2)cc1. The number of hydrogen-bond acceptors (Lipinski definition) is 6. The summed E-state index contributed by atoms with van der Waals surface area (Å²) < 4.78 is 23.1. The molecule has 0 spiro atoms. The molecule has 1 atom stereocenters. The number of benzene rings is 3. The van der Waals surface area contributed by atoms with Crippen LogP contribution in [0.3, 0.4) is 0 Å².